The molecule has 20 heavy (non-hydrogen) atoms. The molecule has 7 nitrogen and oxygen atoms in total. The Morgan fingerprint density at radius 1 is 1.65 bits per heavy atom. The number of nitriles is 1. The van der Waals surface area contributed by atoms with E-state index in [1.165, 1.54) is 0 Å². The molecule has 1 heterocycles. The summed E-state index contributed by atoms with van der Waals surface area (Å²) in [5.41, 5.74) is -0.670. The van der Waals surface area contributed by atoms with Gasteiger partial charge < -0.3 is 20.5 Å². The fourth-order valence-corrected chi connectivity index (χ4v) is 1.99. The van der Waals surface area contributed by atoms with Crippen molar-refractivity contribution in [3.63, 3.8) is 0 Å². The molecule has 1 saturated heterocycles. The molecule has 0 aliphatic carbocycles. The molecule has 3 N–H and O–H groups in total. The zero-order chi connectivity index (χ0) is 15.3. The standard InChI is InChI=1S/C13H21N3O4/c1-13(2,3)20-12(19)16-9(10(17)7-14)6-8-4-5-15-11(8)18/h8-10,17H,4-6H2,1-3H3,(H,15,18)(H,16,19). The molecular weight excluding hydrogens is 262 g/mol. The number of hydrogen-bond donors (Lipinski definition) is 3. The van der Waals surface area contributed by atoms with Crippen LogP contribution in [0.3, 0.4) is 0 Å². The van der Waals surface area contributed by atoms with Crippen molar-refractivity contribution >= 4 is 12.0 Å². The molecule has 0 spiro atoms. The number of nitrogens with one attached hydrogen (secondary N) is 2. The molecule has 3 atom stereocenters. The average Bonchev–Trinajstić information content (AvgIpc) is 2.70. The summed E-state index contributed by atoms with van der Waals surface area (Å²) >= 11 is 0. The molecular formula is C13H21N3O4. The topological polar surface area (TPSA) is 111 Å². The highest BCUT2D eigenvalue weighted by Gasteiger charge is 2.32. The van der Waals surface area contributed by atoms with Crippen molar-refractivity contribution in [2.75, 3.05) is 6.54 Å². The van der Waals surface area contributed by atoms with Crippen LogP contribution in [0, 0.1) is 17.2 Å². The van der Waals surface area contributed by atoms with Crippen LogP contribution in [0.25, 0.3) is 0 Å². The molecule has 0 saturated carbocycles. The number of alkyl carbamates (subject to hydrolysis) is 1. The molecule has 7 heteroatoms. The predicted molar refractivity (Wildman–Crippen MR) is 70.5 cm³/mol. The summed E-state index contributed by atoms with van der Waals surface area (Å²) in [5.74, 6) is -0.427. The summed E-state index contributed by atoms with van der Waals surface area (Å²) in [4.78, 5) is 23.2. The first-order valence-corrected chi connectivity index (χ1v) is 6.58. The molecule has 2 amide bonds. The van der Waals surface area contributed by atoms with Crippen molar-refractivity contribution in [3.8, 4) is 6.07 Å². The van der Waals surface area contributed by atoms with Crippen molar-refractivity contribution in [3.05, 3.63) is 0 Å². The van der Waals surface area contributed by atoms with Gasteiger partial charge in [0.25, 0.3) is 0 Å². The number of aliphatic hydroxyl groups is 1. The third-order valence-electron chi connectivity index (χ3n) is 2.92. The van der Waals surface area contributed by atoms with Crippen molar-refractivity contribution < 1.29 is 19.4 Å². The zero-order valence-corrected chi connectivity index (χ0v) is 12.0. The number of aliphatic hydroxyl groups excluding tert-OH is 1. The molecule has 1 fully saturated rings. The van der Waals surface area contributed by atoms with Gasteiger partial charge >= 0.3 is 6.09 Å². The number of carbonyl (C=O) groups excluding carboxylic acids is 2. The maximum atomic E-state index is 11.7. The van der Waals surface area contributed by atoms with Crippen LogP contribution in [-0.4, -0.2) is 41.4 Å². The number of ether oxygens (including phenoxy) is 1. The molecule has 0 aromatic rings. The van der Waals surface area contributed by atoms with E-state index >= 15 is 0 Å². The van der Waals surface area contributed by atoms with Gasteiger partial charge in [0.05, 0.1) is 12.1 Å². The van der Waals surface area contributed by atoms with Crippen LogP contribution in [0.2, 0.25) is 0 Å². The Labute approximate surface area is 118 Å². The van der Waals surface area contributed by atoms with Crippen LogP contribution in [0.5, 0.6) is 0 Å². The summed E-state index contributed by atoms with van der Waals surface area (Å²) in [5, 5.41) is 23.6. The second kappa shape index (κ2) is 6.57. The Bertz CT molecular complexity index is 411. The predicted octanol–water partition coefficient (Wildman–Crippen LogP) is 0.290. The van der Waals surface area contributed by atoms with Gasteiger partial charge in [-0.2, -0.15) is 5.26 Å². The van der Waals surface area contributed by atoms with E-state index < -0.39 is 23.8 Å². The van der Waals surface area contributed by atoms with Crippen LogP contribution >= 0.6 is 0 Å². The maximum absolute atomic E-state index is 11.7. The minimum absolute atomic E-state index is 0.119. The highest BCUT2D eigenvalue weighted by atomic mass is 16.6. The average molecular weight is 283 g/mol. The number of hydrogen-bond acceptors (Lipinski definition) is 5. The highest BCUT2D eigenvalue weighted by Crippen LogP contribution is 2.18. The second-order valence-electron chi connectivity index (χ2n) is 5.84. The summed E-state index contributed by atoms with van der Waals surface area (Å²) in [6.45, 7) is 5.72. The van der Waals surface area contributed by atoms with E-state index in [1.807, 2.05) is 0 Å². The Hall–Kier alpha value is -1.81. The Kier molecular flexibility index (Phi) is 5.34. The first-order valence-electron chi connectivity index (χ1n) is 6.58. The molecule has 112 valence electrons. The molecule has 1 aliphatic heterocycles. The van der Waals surface area contributed by atoms with Crippen molar-refractivity contribution in [2.45, 2.75) is 51.4 Å². The monoisotopic (exact) mass is 283 g/mol. The Balaban J connectivity index is 2.63. The normalized spacial score (nSPS) is 21.6. The molecule has 0 aromatic heterocycles. The number of nitrogens with zero attached hydrogens (tertiary/aromatic N) is 1. The number of amides is 2. The van der Waals surface area contributed by atoms with E-state index in [-0.39, 0.29) is 18.2 Å². The number of carbonyl (C=O) groups is 2. The molecule has 1 aliphatic rings. The largest absolute Gasteiger partial charge is 0.444 e. The number of rotatable bonds is 4. The zero-order valence-electron chi connectivity index (χ0n) is 12.0. The third-order valence-corrected chi connectivity index (χ3v) is 2.92. The van der Waals surface area contributed by atoms with E-state index in [2.05, 4.69) is 10.6 Å². The van der Waals surface area contributed by atoms with Gasteiger partial charge in [-0.25, -0.2) is 4.79 Å². The first-order chi connectivity index (χ1) is 9.23. The summed E-state index contributed by atoms with van der Waals surface area (Å²) in [6.07, 6.45) is -1.25. The van der Waals surface area contributed by atoms with E-state index in [4.69, 9.17) is 10.00 Å². The molecule has 0 bridgehead atoms. The van der Waals surface area contributed by atoms with Gasteiger partial charge in [0.2, 0.25) is 5.91 Å². The van der Waals surface area contributed by atoms with Crippen LogP contribution in [0.15, 0.2) is 0 Å². The lowest BCUT2D eigenvalue weighted by molar-refractivity contribution is -0.122. The van der Waals surface area contributed by atoms with Crippen molar-refractivity contribution in [2.24, 2.45) is 5.92 Å². The van der Waals surface area contributed by atoms with E-state index in [1.54, 1.807) is 26.8 Å². The van der Waals surface area contributed by atoms with Gasteiger partial charge in [0.1, 0.15) is 5.60 Å². The lowest BCUT2D eigenvalue weighted by Gasteiger charge is -2.25. The Morgan fingerprint density at radius 2 is 2.30 bits per heavy atom. The van der Waals surface area contributed by atoms with E-state index in [0.29, 0.717) is 13.0 Å². The van der Waals surface area contributed by atoms with Crippen LogP contribution in [-0.2, 0) is 9.53 Å². The fourth-order valence-electron chi connectivity index (χ4n) is 1.99. The molecule has 1 rings (SSSR count). The third kappa shape index (κ3) is 5.05. The summed E-state index contributed by atoms with van der Waals surface area (Å²) in [6, 6.07) is 0.846. The van der Waals surface area contributed by atoms with Gasteiger partial charge in [0.15, 0.2) is 6.10 Å². The van der Waals surface area contributed by atoms with E-state index in [9.17, 15) is 14.7 Å². The van der Waals surface area contributed by atoms with Gasteiger partial charge in [0, 0.05) is 12.5 Å². The second-order valence-corrected chi connectivity index (χ2v) is 5.84. The van der Waals surface area contributed by atoms with Crippen LogP contribution in [0.4, 0.5) is 4.79 Å². The fraction of sp³-hybridized carbons (Fsp3) is 0.769. The summed E-state index contributed by atoms with van der Waals surface area (Å²) in [7, 11) is 0. The van der Waals surface area contributed by atoms with E-state index in [0.717, 1.165) is 0 Å². The van der Waals surface area contributed by atoms with Crippen LogP contribution < -0.4 is 10.6 Å². The lowest BCUT2D eigenvalue weighted by atomic mass is 9.95. The van der Waals surface area contributed by atoms with Crippen LogP contribution in [0.1, 0.15) is 33.6 Å². The van der Waals surface area contributed by atoms with Gasteiger partial charge in [-0.3, -0.25) is 4.79 Å². The van der Waals surface area contributed by atoms with Crippen molar-refractivity contribution in [1.29, 1.82) is 5.26 Å². The molecule has 3 unspecified atom stereocenters. The molecule has 0 aromatic carbocycles. The van der Waals surface area contributed by atoms with Gasteiger partial charge in [-0.15, -0.1) is 0 Å². The molecule has 0 radical (unpaired) electrons. The minimum atomic E-state index is -1.38. The minimum Gasteiger partial charge on any atom is -0.444 e. The smallest absolute Gasteiger partial charge is 0.407 e. The first kappa shape index (κ1) is 16.2. The maximum Gasteiger partial charge on any atom is 0.407 e. The SMILES string of the molecule is CC(C)(C)OC(=O)NC(CC1CCNC1=O)C(O)C#N. The lowest BCUT2D eigenvalue weighted by Crippen LogP contribution is -2.46. The van der Waals surface area contributed by atoms with Crippen molar-refractivity contribution in [1.82, 2.24) is 10.6 Å². The Morgan fingerprint density at radius 3 is 2.75 bits per heavy atom. The highest BCUT2D eigenvalue weighted by molar-refractivity contribution is 5.80. The summed E-state index contributed by atoms with van der Waals surface area (Å²) < 4.78 is 5.08. The quantitative estimate of drug-likeness (QED) is 0.642. The van der Waals surface area contributed by atoms with Gasteiger partial charge in [-0.1, -0.05) is 0 Å². The van der Waals surface area contributed by atoms with Gasteiger partial charge in [-0.05, 0) is 33.6 Å².